The zero-order valence-electron chi connectivity index (χ0n) is 10.1. The zero-order valence-corrected chi connectivity index (χ0v) is 11.7. The summed E-state index contributed by atoms with van der Waals surface area (Å²) in [4.78, 5) is 0.260. The largest absolute Gasteiger partial charge is 0.222 e. The van der Waals surface area contributed by atoms with Gasteiger partial charge in [0.1, 0.15) is 9.73 Å². The Morgan fingerprint density at radius 3 is 0.950 bits per heavy atom. The number of fused-ring (bicyclic) bond motifs is 2. The predicted molar refractivity (Wildman–Crippen MR) is 77.1 cm³/mol. The van der Waals surface area contributed by atoms with Crippen LogP contribution in [-0.4, -0.2) is 26.6 Å². The van der Waals surface area contributed by atoms with Crippen molar-refractivity contribution in [2.45, 2.75) is 0 Å². The second-order valence-electron chi connectivity index (χ2n) is 4.22. The molecule has 3 rings (SSSR count). The van der Waals surface area contributed by atoms with Gasteiger partial charge in [0.05, 0.1) is 0 Å². The molecule has 1 aliphatic carbocycles. The third-order valence-corrected chi connectivity index (χ3v) is 4.71. The van der Waals surface area contributed by atoms with Crippen LogP contribution in [0.3, 0.4) is 0 Å². The van der Waals surface area contributed by atoms with Crippen molar-refractivity contribution in [2.75, 3.05) is 0 Å². The lowest BCUT2D eigenvalue weighted by Crippen LogP contribution is -2.23. The van der Waals surface area contributed by atoms with Crippen molar-refractivity contribution in [2.24, 2.45) is 0 Å². The molecule has 0 saturated carbocycles. The van der Waals surface area contributed by atoms with Crippen LogP contribution in [0.15, 0.2) is 48.5 Å². The standard InChI is InChI=1S/C14H8O4S2/c15-19(16)13-9-5-1-2-6-10(9)14(20(17)18)12-8-4-3-7-11(12)13/h1-8H. The molecule has 0 saturated heterocycles. The Labute approximate surface area is 118 Å². The lowest BCUT2D eigenvalue weighted by Gasteiger charge is -2.19. The molecule has 20 heavy (non-hydrogen) atoms. The van der Waals surface area contributed by atoms with Gasteiger partial charge in [-0.15, -0.1) is 0 Å². The second-order valence-corrected chi connectivity index (χ2v) is 5.97. The Kier molecular flexibility index (Phi) is 3.04. The summed E-state index contributed by atoms with van der Waals surface area (Å²) in [5, 5.41) is 0. The molecule has 4 nitrogen and oxygen atoms in total. The van der Waals surface area contributed by atoms with Gasteiger partial charge in [0.2, 0.25) is 20.6 Å². The molecular weight excluding hydrogens is 296 g/mol. The van der Waals surface area contributed by atoms with E-state index < -0.39 is 20.6 Å². The highest BCUT2D eigenvalue weighted by Gasteiger charge is 2.27. The molecule has 0 radical (unpaired) electrons. The van der Waals surface area contributed by atoms with Crippen LogP contribution < -0.4 is 0 Å². The summed E-state index contributed by atoms with van der Waals surface area (Å²) in [5.41, 5.74) is 1.66. The Bertz CT molecular complexity index is 847. The van der Waals surface area contributed by atoms with Crippen molar-refractivity contribution >= 4 is 30.3 Å². The smallest absolute Gasteiger partial charge is 0.184 e. The third kappa shape index (κ3) is 1.81. The van der Waals surface area contributed by atoms with E-state index in [2.05, 4.69) is 0 Å². The predicted octanol–water partition coefficient (Wildman–Crippen LogP) is 0.896. The van der Waals surface area contributed by atoms with E-state index in [9.17, 15) is 16.8 Å². The maximum atomic E-state index is 11.6. The van der Waals surface area contributed by atoms with Crippen LogP contribution in [0.25, 0.3) is 0 Å². The molecule has 0 spiro atoms. The summed E-state index contributed by atoms with van der Waals surface area (Å²) in [6, 6.07) is 13.2. The quantitative estimate of drug-likeness (QED) is 0.579. The molecule has 0 bridgehead atoms. The summed E-state index contributed by atoms with van der Waals surface area (Å²) < 4.78 is 46.2. The van der Waals surface area contributed by atoms with Crippen molar-refractivity contribution < 1.29 is 16.8 Å². The first-order chi connectivity index (χ1) is 9.61. The average molecular weight is 304 g/mol. The van der Waals surface area contributed by atoms with E-state index in [1.54, 1.807) is 48.5 Å². The van der Waals surface area contributed by atoms with Crippen LogP contribution in [0.2, 0.25) is 0 Å². The van der Waals surface area contributed by atoms with E-state index >= 15 is 0 Å². The summed E-state index contributed by atoms with van der Waals surface area (Å²) >= 11 is 0. The first-order valence-corrected chi connectivity index (χ1v) is 7.88. The SMILES string of the molecule is O=S(=O)=C1c2ccccc2C(=S(=O)=O)c2ccccc21. The molecule has 0 aromatic heterocycles. The minimum Gasteiger partial charge on any atom is -0.184 e. The third-order valence-electron chi connectivity index (χ3n) is 3.17. The Balaban J connectivity index is 2.62. The van der Waals surface area contributed by atoms with E-state index in [-0.39, 0.29) is 9.73 Å². The van der Waals surface area contributed by atoms with Crippen molar-refractivity contribution in [3.8, 4) is 0 Å². The number of hydrogen-bond donors (Lipinski definition) is 0. The Hall–Kier alpha value is -2.18. The summed E-state index contributed by atoms with van der Waals surface area (Å²) in [7, 11) is -4.90. The number of hydrogen-bond acceptors (Lipinski definition) is 4. The van der Waals surface area contributed by atoms with E-state index in [1.165, 1.54) is 0 Å². The molecule has 0 fully saturated rings. The molecule has 0 heterocycles. The summed E-state index contributed by atoms with van der Waals surface area (Å²) in [6.07, 6.45) is 0. The van der Waals surface area contributed by atoms with Crippen LogP contribution >= 0.6 is 0 Å². The highest BCUT2D eigenvalue weighted by Crippen LogP contribution is 2.27. The summed E-state index contributed by atoms with van der Waals surface area (Å²) in [5.74, 6) is 0. The van der Waals surface area contributed by atoms with Crippen LogP contribution in [0.1, 0.15) is 22.3 Å². The second kappa shape index (κ2) is 4.73. The van der Waals surface area contributed by atoms with Gasteiger partial charge < -0.3 is 0 Å². The van der Waals surface area contributed by atoms with Crippen molar-refractivity contribution in [1.82, 2.24) is 0 Å². The van der Waals surface area contributed by atoms with Crippen molar-refractivity contribution in [3.05, 3.63) is 70.8 Å². The fraction of sp³-hybridized carbons (Fsp3) is 0. The molecule has 6 heteroatoms. The van der Waals surface area contributed by atoms with E-state index in [0.717, 1.165) is 0 Å². The summed E-state index contributed by atoms with van der Waals surface area (Å²) in [6.45, 7) is 0. The zero-order chi connectivity index (χ0) is 14.3. The molecule has 0 unspecified atom stereocenters. The fourth-order valence-electron chi connectivity index (χ4n) is 2.41. The van der Waals surface area contributed by atoms with Gasteiger partial charge in [0.15, 0.2) is 0 Å². The fourth-order valence-corrected chi connectivity index (χ4v) is 3.84. The maximum absolute atomic E-state index is 11.6. The van der Waals surface area contributed by atoms with Gasteiger partial charge in [0, 0.05) is 22.3 Å². The molecule has 0 amide bonds. The molecule has 0 aliphatic heterocycles. The molecule has 0 atom stereocenters. The average Bonchev–Trinajstić information content (AvgIpc) is 2.43. The van der Waals surface area contributed by atoms with Crippen LogP contribution in [0.5, 0.6) is 0 Å². The van der Waals surface area contributed by atoms with Crippen molar-refractivity contribution in [3.63, 3.8) is 0 Å². The lowest BCUT2D eigenvalue weighted by atomic mass is 9.86. The first-order valence-electron chi connectivity index (χ1n) is 5.73. The normalized spacial score (nSPS) is 12.6. The number of rotatable bonds is 0. The highest BCUT2D eigenvalue weighted by molar-refractivity contribution is 7.75. The number of benzene rings is 2. The van der Waals surface area contributed by atoms with E-state index in [4.69, 9.17) is 0 Å². The monoisotopic (exact) mass is 304 g/mol. The van der Waals surface area contributed by atoms with Gasteiger partial charge in [-0.2, -0.15) is 16.8 Å². The Morgan fingerprint density at radius 2 is 0.750 bits per heavy atom. The van der Waals surface area contributed by atoms with Gasteiger partial charge in [-0.1, -0.05) is 48.5 Å². The van der Waals surface area contributed by atoms with Gasteiger partial charge in [0.25, 0.3) is 0 Å². The van der Waals surface area contributed by atoms with Crippen molar-refractivity contribution in [1.29, 1.82) is 0 Å². The molecule has 100 valence electrons. The van der Waals surface area contributed by atoms with Crippen LogP contribution in [-0.2, 0) is 20.6 Å². The van der Waals surface area contributed by atoms with E-state index in [1.807, 2.05) is 0 Å². The van der Waals surface area contributed by atoms with Gasteiger partial charge in [-0.05, 0) is 0 Å². The molecule has 2 aromatic carbocycles. The van der Waals surface area contributed by atoms with Gasteiger partial charge in [-0.3, -0.25) is 0 Å². The lowest BCUT2D eigenvalue weighted by molar-refractivity contribution is 0.625. The minimum absolute atomic E-state index is 0.130. The molecular formula is C14H8O4S2. The maximum Gasteiger partial charge on any atom is 0.222 e. The highest BCUT2D eigenvalue weighted by atomic mass is 32.2. The molecule has 2 aromatic rings. The van der Waals surface area contributed by atoms with Gasteiger partial charge in [-0.25, -0.2) is 0 Å². The first kappa shape index (κ1) is 12.8. The van der Waals surface area contributed by atoms with Crippen LogP contribution in [0.4, 0.5) is 0 Å². The van der Waals surface area contributed by atoms with E-state index in [0.29, 0.717) is 22.3 Å². The molecule has 1 aliphatic rings. The van der Waals surface area contributed by atoms with Gasteiger partial charge >= 0.3 is 0 Å². The Morgan fingerprint density at radius 1 is 0.500 bits per heavy atom. The minimum atomic E-state index is -2.45. The topological polar surface area (TPSA) is 68.3 Å². The molecule has 0 N–H and O–H groups in total. The van der Waals surface area contributed by atoms with Crippen LogP contribution in [0, 0.1) is 0 Å².